The van der Waals surface area contributed by atoms with Crippen molar-refractivity contribution in [3.63, 3.8) is 0 Å². The molecule has 0 atom stereocenters. The third-order valence-electron chi connectivity index (χ3n) is 2.02. The Morgan fingerprint density at radius 1 is 1.12 bits per heavy atom. The SMILES string of the molecule is COC(=O)c1ccc(NNCl)cc1C(=O)OC. The molecule has 0 amide bonds. The molecule has 7 heteroatoms. The van der Waals surface area contributed by atoms with E-state index in [4.69, 9.17) is 11.8 Å². The van der Waals surface area contributed by atoms with Gasteiger partial charge in [0, 0.05) is 0 Å². The molecule has 0 aliphatic rings. The summed E-state index contributed by atoms with van der Waals surface area (Å²) in [5.41, 5.74) is 3.29. The summed E-state index contributed by atoms with van der Waals surface area (Å²) in [4.78, 5) is 25.1. The highest BCUT2D eigenvalue weighted by Crippen LogP contribution is 2.17. The molecule has 0 unspecified atom stereocenters. The molecule has 17 heavy (non-hydrogen) atoms. The Morgan fingerprint density at radius 2 is 1.71 bits per heavy atom. The van der Waals surface area contributed by atoms with Crippen molar-refractivity contribution in [2.24, 2.45) is 0 Å². The first-order valence-electron chi connectivity index (χ1n) is 4.56. The van der Waals surface area contributed by atoms with Crippen molar-refractivity contribution in [1.29, 1.82) is 0 Å². The van der Waals surface area contributed by atoms with Gasteiger partial charge >= 0.3 is 11.9 Å². The smallest absolute Gasteiger partial charge is 0.338 e. The maximum absolute atomic E-state index is 11.5. The normalized spacial score (nSPS) is 9.59. The standard InChI is InChI=1S/C10H11ClN2O4/c1-16-9(14)7-4-3-6(12-13-11)5-8(7)10(15)17-2/h3-5,12-13H,1-2H3. The van der Waals surface area contributed by atoms with Crippen LogP contribution >= 0.6 is 11.8 Å². The Morgan fingerprint density at radius 3 is 2.24 bits per heavy atom. The number of hydrogen-bond acceptors (Lipinski definition) is 6. The third-order valence-corrected chi connectivity index (χ3v) is 2.12. The Kier molecular flexibility index (Phi) is 4.74. The van der Waals surface area contributed by atoms with Crippen LogP contribution in [0.5, 0.6) is 0 Å². The van der Waals surface area contributed by atoms with Crippen molar-refractivity contribution >= 4 is 29.4 Å². The van der Waals surface area contributed by atoms with E-state index in [9.17, 15) is 9.59 Å². The number of ether oxygens (including phenoxy) is 2. The molecule has 0 aliphatic carbocycles. The van der Waals surface area contributed by atoms with Crippen LogP contribution in [0.1, 0.15) is 20.7 Å². The summed E-state index contributed by atoms with van der Waals surface area (Å²) in [5.74, 6) is -1.25. The van der Waals surface area contributed by atoms with Gasteiger partial charge in [-0.2, -0.15) is 0 Å². The van der Waals surface area contributed by atoms with E-state index in [0.717, 1.165) is 0 Å². The number of hydrogen-bond donors (Lipinski definition) is 2. The predicted octanol–water partition coefficient (Wildman–Crippen LogP) is 1.33. The number of carbonyl (C=O) groups excluding carboxylic acids is 2. The predicted molar refractivity (Wildman–Crippen MR) is 61.7 cm³/mol. The number of halogens is 1. The summed E-state index contributed by atoms with van der Waals surface area (Å²) in [5, 5.41) is 0. The van der Waals surface area contributed by atoms with Crippen molar-refractivity contribution in [3.8, 4) is 0 Å². The van der Waals surface area contributed by atoms with Crippen LogP contribution in [0.4, 0.5) is 5.69 Å². The van der Waals surface area contributed by atoms with Crippen LogP contribution in [0.15, 0.2) is 18.2 Å². The van der Waals surface area contributed by atoms with E-state index in [-0.39, 0.29) is 11.1 Å². The van der Waals surface area contributed by atoms with E-state index >= 15 is 0 Å². The van der Waals surface area contributed by atoms with E-state index in [1.54, 1.807) is 6.07 Å². The summed E-state index contributed by atoms with van der Waals surface area (Å²) in [6.45, 7) is 0. The largest absolute Gasteiger partial charge is 0.465 e. The molecule has 2 N–H and O–H groups in total. The van der Waals surface area contributed by atoms with Gasteiger partial charge in [-0.3, -0.25) is 0 Å². The van der Waals surface area contributed by atoms with Gasteiger partial charge in [0.25, 0.3) is 0 Å². The zero-order chi connectivity index (χ0) is 12.8. The molecule has 0 spiro atoms. The zero-order valence-electron chi connectivity index (χ0n) is 9.24. The van der Waals surface area contributed by atoms with Crippen molar-refractivity contribution in [1.82, 2.24) is 4.94 Å². The molecule has 0 saturated carbocycles. The minimum absolute atomic E-state index is 0.0938. The van der Waals surface area contributed by atoms with Crippen LogP contribution in [0, 0.1) is 0 Å². The number of esters is 2. The molecule has 0 heterocycles. The highest BCUT2D eigenvalue weighted by atomic mass is 35.5. The number of hydrazine groups is 1. The number of benzene rings is 1. The second-order valence-electron chi connectivity index (χ2n) is 2.96. The summed E-state index contributed by atoms with van der Waals surface area (Å²) in [7, 11) is 2.46. The fourth-order valence-corrected chi connectivity index (χ4v) is 1.35. The first kappa shape index (κ1) is 13.3. The monoisotopic (exact) mass is 258 g/mol. The van der Waals surface area contributed by atoms with Gasteiger partial charge in [-0.1, -0.05) is 0 Å². The minimum Gasteiger partial charge on any atom is -0.465 e. The van der Waals surface area contributed by atoms with E-state index in [1.807, 2.05) is 0 Å². The van der Waals surface area contributed by atoms with Gasteiger partial charge in [0.15, 0.2) is 0 Å². The van der Waals surface area contributed by atoms with E-state index in [2.05, 4.69) is 19.8 Å². The molecule has 0 radical (unpaired) electrons. The number of carbonyl (C=O) groups is 2. The number of rotatable bonds is 4. The average Bonchev–Trinajstić information content (AvgIpc) is 2.37. The molecule has 1 rings (SSSR count). The van der Waals surface area contributed by atoms with Gasteiger partial charge in [-0.25, -0.2) is 9.59 Å². The Balaban J connectivity index is 3.21. The fourth-order valence-electron chi connectivity index (χ4n) is 1.24. The third kappa shape index (κ3) is 3.08. The van der Waals surface area contributed by atoms with Gasteiger partial charge in [0.05, 0.1) is 31.0 Å². The highest BCUT2D eigenvalue weighted by Gasteiger charge is 2.18. The molecular weight excluding hydrogens is 248 g/mol. The lowest BCUT2D eigenvalue weighted by molar-refractivity contribution is 0.0555. The molecule has 6 nitrogen and oxygen atoms in total. The maximum atomic E-state index is 11.5. The number of methoxy groups -OCH3 is 2. The summed E-state index contributed by atoms with van der Waals surface area (Å²) >= 11 is 5.26. The molecule has 1 aromatic rings. The lowest BCUT2D eigenvalue weighted by Crippen LogP contribution is -2.14. The van der Waals surface area contributed by atoms with Crippen molar-refractivity contribution < 1.29 is 19.1 Å². The molecule has 0 aromatic heterocycles. The fraction of sp³-hybridized carbons (Fsp3) is 0.200. The first-order chi connectivity index (χ1) is 8.13. The van der Waals surface area contributed by atoms with E-state index in [0.29, 0.717) is 5.69 Å². The van der Waals surface area contributed by atoms with E-state index < -0.39 is 11.9 Å². The molecular formula is C10H11ClN2O4. The Labute approximate surface area is 103 Å². The first-order valence-corrected chi connectivity index (χ1v) is 4.94. The van der Waals surface area contributed by atoms with Gasteiger partial charge in [0.2, 0.25) is 0 Å². The van der Waals surface area contributed by atoms with Crippen LogP contribution in [-0.4, -0.2) is 26.2 Å². The Bertz CT molecular complexity index is 436. The van der Waals surface area contributed by atoms with Gasteiger partial charge in [0.1, 0.15) is 0 Å². The van der Waals surface area contributed by atoms with Crippen LogP contribution in [0.25, 0.3) is 0 Å². The summed E-state index contributed by atoms with van der Waals surface area (Å²) in [6, 6.07) is 4.43. The second kappa shape index (κ2) is 6.07. The quantitative estimate of drug-likeness (QED) is 0.482. The average molecular weight is 259 g/mol. The van der Waals surface area contributed by atoms with Gasteiger partial charge < -0.3 is 14.9 Å². The lowest BCUT2D eigenvalue weighted by atomic mass is 10.1. The molecule has 92 valence electrons. The molecule has 0 bridgehead atoms. The number of anilines is 1. The van der Waals surface area contributed by atoms with E-state index in [1.165, 1.54) is 26.4 Å². The molecule has 1 aromatic carbocycles. The van der Waals surface area contributed by atoms with Crippen LogP contribution in [0.3, 0.4) is 0 Å². The molecule has 0 fully saturated rings. The maximum Gasteiger partial charge on any atom is 0.338 e. The molecule has 0 saturated heterocycles. The van der Waals surface area contributed by atoms with Crippen molar-refractivity contribution in [3.05, 3.63) is 29.3 Å². The summed E-state index contributed by atoms with van der Waals surface area (Å²) < 4.78 is 9.14. The van der Waals surface area contributed by atoms with Crippen LogP contribution in [-0.2, 0) is 9.47 Å². The Hall–Kier alpha value is -1.79. The van der Waals surface area contributed by atoms with Crippen molar-refractivity contribution in [2.75, 3.05) is 19.6 Å². The molecule has 0 aliphatic heterocycles. The van der Waals surface area contributed by atoms with Gasteiger partial charge in [-0.15, -0.1) is 4.94 Å². The second-order valence-corrected chi connectivity index (χ2v) is 3.15. The van der Waals surface area contributed by atoms with Crippen molar-refractivity contribution in [2.45, 2.75) is 0 Å². The summed E-state index contributed by atoms with van der Waals surface area (Å²) in [6.07, 6.45) is 0. The minimum atomic E-state index is -0.636. The number of nitrogens with one attached hydrogen (secondary N) is 2. The lowest BCUT2D eigenvalue weighted by Gasteiger charge is -2.09. The highest BCUT2D eigenvalue weighted by molar-refractivity contribution is 6.14. The topological polar surface area (TPSA) is 76.7 Å². The van der Waals surface area contributed by atoms with Crippen LogP contribution < -0.4 is 10.4 Å². The van der Waals surface area contributed by atoms with Gasteiger partial charge in [-0.05, 0) is 30.0 Å². The zero-order valence-corrected chi connectivity index (χ0v) is 10.00. The van der Waals surface area contributed by atoms with Crippen LogP contribution in [0.2, 0.25) is 0 Å².